The van der Waals surface area contributed by atoms with Gasteiger partial charge in [0.1, 0.15) is 6.33 Å². The molecule has 0 amide bonds. The highest BCUT2D eigenvalue weighted by Crippen LogP contribution is 2.26. The topological polar surface area (TPSA) is 87.6 Å². The second kappa shape index (κ2) is 8.91. The van der Waals surface area contributed by atoms with Gasteiger partial charge in [0.05, 0.1) is 12.2 Å². The van der Waals surface area contributed by atoms with Gasteiger partial charge in [-0.3, -0.25) is 9.36 Å². The molecule has 2 aromatic carbocycles. The normalized spacial score (nSPS) is 11.0. The van der Waals surface area contributed by atoms with E-state index < -0.39 is 0 Å². The quantitative estimate of drug-likeness (QED) is 0.461. The van der Waals surface area contributed by atoms with Gasteiger partial charge in [-0.05, 0) is 34.0 Å². The van der Waals surface area contributed by atoms with E-state index in [9.17, 15) is 9.59 Å². The summed E-state index contributed by atoms with van der Waals surface area (Å²) in [5.74, 6) is -0.185. The predicted octanol–water partition coefficient (Wildman–Crippen LogP) is 3.34. The molecule has 0 saturated heterocycles. The number of hydrogen-bond donors (Lipinski definition) is 0. The lowest BCUT2D eigenvalue weighted by Gasteiger charge is -2.10. The molecule has 4 aromatic rings. The Morgan fingerprint density at radius 2 is 1.81 bits per heavy atom. The van der Waals surface area contributed by atoms with Gasteiger partial charge in [0, 0.05) is 23.9 Å². The summed E-state index contributed by atoms with van der Waals surface area (Å²) in [6, 6.07) is 16.0. The van der Waals surface area contributed by atoms with Crippen molar-refractivity contribution in [2.24, 2.45) is 0 Å². The smallest absolute Gasteiger partial charge is 0.292 e. The molecule has 4 rings (SSSR count). The highest BCUT2D eigenvalue weighted by atomic mass is 16.2. The Labute approximate surface area is 179 Å². The van der Waals surface area contributed by atoms with Crippen LogP contribution in [0.4, 0.5) is 0 Å². The number of tetrazole rings is 1. The number of benzene rings is 2. The van der Waals surface area contributed by atoms with Crippen LogP contribution in [0.3, 0.4) is 0 Å². The Balaban J connectivity index is 1.65. The second-order valence-corrected chi connectivity index (χ2v) is 7.32. The minimum absolute atomic E-state index is 0.185. The van der Waals surface area contributed by atoms with Crippen LogP contribution in [0, 0.1) is 0 Å². The van der Waals surface area contributed by atoms with Crippen LogP contribution in [0.15, 0.2) is 65.8 Å². The summed E-state index contributed by atoms with van der Waals surface area (Å²) in [6.07, 6.45) is 5.20. The van der Waals surface area contributed by atoms with Gasteiger partial charge in [0.15, 0.2) is 0 Å². The van der Waals surface area contributed by atoms with E-state index in [1.54, 1.807) is 28.7 Å². The first kappa shape index (κ1) is 20.5. The molecule has 8 heteroatoms. The number of rotatable bonds is 7. The van der Waals surface area contributed by atoms with Crippen molar-refractivity contribution >= 4 is 5.91 Å². The van der Waals surface area contributed by atoms with Crippen LogP contribution >= 0.6 is 0 Å². The van der Waals surface area contributed by atoms with Crippen molar-refractivity contribution < 1.29 is 4.79 Å². The maximum Gasteiger partial charge on any atom is 0.335 e. The number of nitrogens with zero attached hydrogens (tertiary/aromatic N) is 6. The fourth-order valence-corrected chi connectivity index (χ4v) is 3.66. The molecule has 0 spiro atoms. The summed E-state index contributed by atoms with van der Waals surface area (Å²) in [6.45, 7) is 4.25. The van der Waals surface area contributed by atoms with Gasteiger partial charge in [-0.25, -0.2) is 9.36 Å². The van der Waals surface area contributed by atoms with Gasteiger partial charge in [-0.15, -0.1) is 5.10 Å². The van der Waals surface area contributed by atoms with E-state index in [-0.39, 0.29) is 11.6 Å². The number of aromatic nitrogens is 6. The third-order valence-electron chi connectivity index (χ3n) is 5.24. The van der Waals surface area contributed by atoms with Crippen molar-refractivity contribution in [3.8, 4) is 16.8 Å². The van der Waals surface area contributed by atoms with E-state index in [1.165, 1.54) is 4.57 Å². The van der Waals surface area contributed by atoms with E-state index in [0.29, 0.717) is 13.0 Å². The average molecular weight is 416 g/mol. The molecule has 158 valence electrons. The lowest BCUT2D eigenvalue weighted by Crippen LogP contribution is -2.29. The standard InChI is InChI=1S/C23H24N6O2/c1-3-7-19-15-28(22(30)4-2)23(31)27(19)14-17-10-12-18(13-11-17)20-8-5-6-9-21(20)29-16-24-25-26-29/h5-6,8-13,15-16H,3-4,7,14H2,1-2H3. The summed E-state index contributed by atoms with van der Waals surface area (Å²) in [5.41, 5.74) is 4.51. The molecule has 0 radical (unpaired) electrons. The zero-order valence-corrected chi connectivity index (χ0v) is 17.6. The molecule has 0 unspecified atom stereocenters. The van der Waals surface area contributed by atoms with E-state index in [0.717, 1.165) is 40.9 Å². The molecule has 0 aliphatic heterocycles. The Kier molecular flexibility index (Phi) is 5.88. The molecule has 2 heterocycles. The van der Waals surface area contributed by atoms with Gasteiger partial charge in [-0.1, -0.05) is 62.7 Å². The Morgan fingerprint density at radius 3 is 2.48 bits per heavy atom. The second-order valence-electron chi connectivity index (χ2n) is 7.32. The Bertz CT molecular complexity index is 1240. The highest BCUT2D eigenvalue weighted by Gasteiger charge is 2.15. The van der Waals surface area contributed by atoms with Gasteiger partial charge in [0.25, 0.3) is 0 Å². The minimum atomic E-state index is -0.275. The van der Waals surface area contributed by atoms with Gasteiger partial charge in [-0.2, -0.15) is 4.68 Å². The number of carbonyl (C=O) groups excluding carboxylic acids is 1. The van der Waals surface area contributed by atoms with E-state index >= 15 is 0 Å². The summed E-state index contributed by atoms with van der Waals surface area (Å²) in [5, 5.41) is 11.4. The molecular formula is C23H24N6O2. The van der Waals surface area contributed by atoms with Crippen LogP contribution in [0.1, 0.15) is 42.7 Å². The Hall–Kier alpha value is -3.81. The molecule has 31 heavy (non-hydrogen) atoms. The zero-order chi connectivity index (χ0) is 21.8. The van der Waals surface area contributed by atoms with Gasteiger partial charge in [0.2, 0.25) is 5.91 Å². The van der Waals surface area contributed by atoms with Crippen molar-refractivity contribution in [2.75, 3.05) is 0 Å². The summed E-state index contributed by atoms with van der Waals surface area (Å²) < 4.78 is 4.57. The number of aryl methyl sites for hydroxylation is 1. The molecule has 2 aromatic heterocycles. The molecule has 0 saturated carbocycles. The van der Waals surface area contributed by atoms with E-state index in [4.69, 9.17) is 0 Å². The van der Waals surface area contributed by atoms with Crippen LogP contribution in [-0.2, 0) is 13.0 Å². The number of para-hydroxylation sites is 1. The van der Waals surface area contributed by atoms with Crippen LogP contribution < -0.4 is 5.69 Å². The molecular weight excluding hydrogens is 392 g/mol. The third kappa shape index (κ3) is 4.09. The van der Waals surface area contributed by atoms with Crippen LogP contribution in [0.2, 0.25) is 0 Å². The fraction of sp³-hybridized carbons (Fsp3) is 0.261. The van der Waals surface area contributed by atoms with Gasteiger partial charge < -0.3 is 0 Å². The number of imidazole rings is 1. The molecule has 0 N–H and O–H groups in total. The monoisotopic (exact) mass is 416 g/mol. The maximum absolute atomic E-state index is 12.8. The van der Waals surface area contributed by atoms with E-state index in [1.807, 2.05) is 48.5 Å². The van der Waals surface area contributed by atoms with Crippen molar-refractivity contribution in [1.29, 1.82) is 0 Å². The predicted molar refractivity (Wildman–Crippen MR) is 117 cm³/mol. The third-order valence-corrected chi connectivity index (χ3v) is 5.24. The fourth-order valence-electron chi connectivity index (χ4n) is 3.66. The molecule has 0 bridgehead atoms. The molecule has 0 aliphatic rings. The van der Waals surface area contributed by atoms with E-state index in [2.05, 4.69) is 22.4 Å². The van der Waals surface area contributed by atoms with Crippen LogP contribution in [0.25, 0.3) is 16.8 Å². The first-order valence-electron chi connectivity index (χ1n) is 10.4. The largest absolute Gasteiger partial charge is 0.335 e. The number of hydrogen-bond acceptors (Lipinski definition) is 5. The van der Waals surface area contributed by atoms with Crippen molar-refractivity contribution in [3.05, 3.63) is 82.8 Å². The summed E-state index contributed by atoms with van der Waals surface area (Å²) in [7, 11) is 0. The molecule has 0 fully saturated rings. The molecule has 0 atom stereocenters. The lowest BCUT2D eigenvalue weighted by molar-refractivity contribution is 0.0904. The summed E-state index contributed by atoms with van der Waals surface area (Å²) in [4.78, 5) is 24.9. The number of carbonyl (C=O) groups is 1. The van der Waals surface area contributed by atoms with Crippen molar-refractivity contribution in [1.82, 2.24) is 29.3 Å². The van der Waals surface area contributed by atoms with Crippen molar-refractivity contribution in [2.45, 2.75) is 39.7 Å². The van der Waals surface area contributed by atoms with Gasteiger partial charge >= 0.3 is 5.69 Å². The van der Waals surface area contributed by atoms with Crippen LogP contribution in [0.5, 0.6) is 0 Å². The SMILES string of the molecule is CCCc1cn(C(=O)CC)c(=O)n1Cc1ccc(-c2ccccc2-n2cnnn2)cc1. The first-order valence-corrected chi connectivity index (χ1v) is 10.4. The highest BCUT2D eigenvalue weighted by molar-refractivity contribution is 5.78. The lowest BCUT2D eigenvalue weighted by atomic mass is 10.0. The minimum Gasteiger partial charge on any atom is -0.292 e. The molecule has 0 aliphatic carbocycles. The van der Waals surface area contributed by atoms with Crippen molar-refractivity contribution in [3.63, 3.8) is 0 Å². The summed E-state index contributed by atoms with van der Waals surface area (Å²) >= 11 is 0. The van der Waals surface area contributed by atoms with Crippen LogP contribution in [-0.4, -0.2) is 35.2 Å². The zero-order valence-electron chi connectivity index (χ0n) is 17.6. The maximum atomic E-state index is 12.8. The first-order chi connectivity index (χ1) is 15.1. The molecule has 8 nitrogen and oxygen atoms in total. The average Bonchev–Trinajstić information content (AvgIpc) is 3.44. The Morgan fingerprint density at radius 1 is 1.03 bits per heavy atom.